The largest absolute Gasteiger partial charge is 0.409 e. The van der Waals surface area contributed by atoms with E-state index in [0.717, 1.165) is 12.3 Å². The summed E-state index contributed by atoms with van der Waals surface area (Å²) in [5, 5.41) is 11.4. The standard InChI is InChI=1S/C12H11FN4O3S/c13-9-4-1-5-10(11(9)12(14)16-18)17-21(19,20)8-3-2-6-15-7-8/h1-7,17-18H,(H2,14,16). The zero-order valence-electron chi connectivity index (χ0n) is 10.6. The van der Waals surface area contributed by atoms with E-state index in [0.29, 0.717) is 0 Å². The number of sulfonamides is 1. The first-order valence-corrected chi connectivity index (χ1v) is 7.13. The minimum absolute atomic E-state index is 0.0975. The Morgan fingerprint density at radius 2 is 2.10 bits per heavy atom. The van der Waals surface area contributed by atoms with E-state index in [4.69, 9.17) is 10.9 Å². The van der Waals surface area contributed by atoms with Crippen molar-refractivity contribution in [2.75, 3.05) is 4.72 Å². The molecule has 1 aromatic carbocycles. The van der Waals surface area contributed by atoms with Gasteiger partial charge >= 0.3 is 0 Å². The third-order valence-corrected chi connectivity index (χ3v) is 3.92. The Balaban J connectivity index is 2.48. The number of nitrogens with zero attached hydrogens (tertiary/aromatic N) is 2. The zero-order chi connectivity index (χ0) is 15.5. The van der Waals surface area contributed by atoms with Crippen LogP contribution in [0.15, 0.2) is 52.8 Å². The Morgan fingerprint density at radius 1 is 1.33 bits per heavy atom. The van der Waals surface area contributed by atoms with Gasteiger partial charge in [0.15, 0.2) is 5.84 Å². The van der Waals surface area contributed by atoms with Crippen molar-refractivity contribution in [2.24, 2.45) is 10.9 Å². The summed E-state index contributed by atoms with van der Waals surface area (Å²) in [5.41, 5.74) is 4.88. The van der Waals surface area contributed by atoms with Gasteiger partial charge < -0.3 is 10.9 Å². The van der Waals surface area contributed by atoms with Crippen LogP contribution in [-0.4, -0.2) is 24.4 Å². The lowest BCUT2D eigenvalue weighted by Gasteiger charge is -2.12. The van der Waals surface area contributed by atoms with Gasteiger partial charge in [0.25, 0.3) is 10.0 Å². The normalized spacial score (nSPS) is 12.1. The number of benzene rings is 1. The highest BCUT2D eigenvalue weighted by atomic mass is 32.2. The van der Waals surface area contributed by atoms with E-state index in [1.54, 1.807) is 0 Å². The number of hydrogen-bond acceptors (Lipinski definition) is 5. The highest BCUT2D eigenvalue weighted by Crippen LogP contribution is 2.22. The van der Waals surface area contributed by atoms with Crippen LogP contribution in [0.1, 0.15) is 5.56 Å². The molecule has 0 bridgehead atoms. The highest BCUT2D eigenvalue weighted by Gasteiger charge is 2.19. The minimum atomic E-state index is -3.97. The van der Waals surface area contributed by atoms with Gasteiger partial charge in [-0.25, -0.2) is 12.8 Å². The third kappa shape index (κ3) is 3.08. The Bertz CT molecular complexity index is 778. The molecule has 0 saturated carbocycles. The van der Waals surface area contributed by atoms with Crippen molar-refractivity contribution in [3.05, 3.63) is 54.1 Å². The van der Waals surface area contributed by atoms with Crippen LogP contribution < -0.4 is 10.5 Å². The van der Waals surface area contributed by atoms with Gasteiger partial charge in [-0.1, -0.05) is 11.2 Å². The first-order chi connectivity index (χ1) is 9.95. The number of rotatable bonds is 4. The summed E-state index contributed by atoms with van der Waals surface area (Å²) < 4.78 is 40.2. The van der Waals surface area contributed by atoms with Crippen LogP contribution in [0.2, 0.25) is 0 Å². The van der Waals surface area contributed by atoms with Crippen LogP contribution in [-0.2, 0) is 10.0 Å². The number of aromatic nitrogens is 1. The van der Waals surface area contributed by atoms with Crippen LogP contribution in [0.5, 0.6) is 0 Å². The number of pyridine rings is 1. The second-order valence-corrected chi connectivity index (χ2v) is 5.62. The zero-order valence-corrected chi connectivity index (χ0v) is 11.4. The van der Waals surface area contributed by atoms with E-state index in [-0.39, 0.29) is 16.1 Å². The number of hydrogen-bond donors (Lipinski definition) is 3. The quantitative estimate of drug-likeness (QED) is 0.338. The van der Waals surface area contributed by atoms with Crippen molar-refractivity contribution in [1.29, 1.82) is 0 Å². The fraction of sp³-hybridized carbons (Fsp3) is 0. The molecular formula is C12H11FN4O3S. The summed E-state index contributed by atoms with van der Waals surface area (Å²) >= 11 is 0. The lowest BCUT2D eigenvalue weighted by molar-refractivity contribution is 0.318. The molecule has 4 N–H and O–H groups in total. The van der Waals surface area contributed by atoms with E-state index < -0.39 is 21.7 Å². The van der Waals surface area contributed by atoms with Gasteiger partial charge in [-0.15, -0.1) is 0 Å². The van der Waals surface area contributed by atoms with Crippen molar-refractivity contribution in [3.8, 4) is 0 Å². The maximum absolute atomic E-state index is 13.7. The average Bonchev–Trinajstić information content (AvgIpc) is 2.47. The molecule has 110 valence electrons. The summed E-state index contributed by atoms with van der Waals surface area (Å²) in [6.07, 6.45) is 2.56. The Labute approximate surface area is 120 Å². The van der Waals surface area contributed by atoms with Crippen molar-refractivity contribution in [2.45, 2.75) is 4.90 Å². The predicted octanol–water partition coefficient (Wildman–Crippen LogP) is 1.12. The first kappa shape index (κ1) is 14.7. The highest BCUT2D eigenvalue weighted by molar-refractivity contribution is 7.92. The van der Waals surface area contributed by atoms with Crippen molar-refractivity contribution < 1.29 is 18.0 Å². The smallest absolute Gasteiger partial charge is 0.263 e. The van der Waals surface area contributed by atoms with Crippen LogP contribution in [0.25, 0.3) is 0 Å². The number of halogens is 1. The predicted molar refractivity (Wildman–Crippen MR) is 74.0 cm³/mol. The van der Waals surface area contributed by atoms with E-state index in [9.17, 15) is 12.8 Å². The molecule has 0 amide bonds. The molecule has 21 heavy (non-hydrogen) atoms. The molecule has 0 aliphatic carbocycles. The second-order valence-electron chi connectivity index (χ2n) is 3.94. The Morgan fingerprint density at radius 3 is 2.71 bits per heavy atom. The average molecular weight is 310 g/mol. The van der Waals surface area contributed by atoms with E-state index in [1.807, 2.05) is 0 Å². The topological polar surface area (TPSA) is 118 Å². The maximum Gasteiger partial charge on any atom is 0.263 e. The lowest BCUT2D eigenvalue weighted by Crippen LogP contribution is -2.21. The van der Waals surface area contributed by atoms with E-state index in [1.165, 1.54) is 30.5 Å². The molecular weight excluding hydrogens is 299 g/mol. The summed E-state index contributed by atoms with van der Waals surface area (Å²) in [7, 11) is -3.97. The van der Waals surface area contributed by atoms with E-state index >= 15 is 0 Å². The Hall–Kier alpha value is -2.68. The molecule has 2 rings (SSSR count). The van der Waals surface area contributed by atoms with Gasteiger partial charge in [-0.05, 0) is 24.3 Å². The molecule has 0 unspecified atom stereocenters. The van der Waals surface area contributed by atoms with Gasteiger partial charge in [-0.3, -0.25) is 9.71 Å². The fourth-order valence-electron chi connectivity index (χ4n) is 1.63. The molecule has 1 heterocycles. The van der Waals surface area contributed by atoms with Gasteiger partial charge in [-0.2, -0.15) is 0 Å². The van der Waals surface area contributed by atoms with E-state index in [2.05, 4.69) is 14.9 Å². The van der Waals surface area contributed by atoms with Crippen LogP contribution in [0.4, 0.5) is 10.1 Å². The molecule has 1 aromatic heterocycles. The Kier molecular flexibility index (Phi) is 4.03. The molecule has 0 saturated heterocycles. The number of nitrogens with two attached hydrogens (primary N) is 1. The van der Waals surface area contributed by atoms with Crippen LogP contribution in [0.3, 0.4) is 0 Å². The molecule has 0 atom stereocenters. The van der Waals surface area contributed by atoms with Gasteiger partial charge in [0, 0.05) is 12.4 Å². The molecule has 0 spiro atoms. The molecule has 0 aliphatic rings. The monoisotopic (exact) mass is 310 g/mol. The summed E-state index contributed by atoms with van der Waals surface area (Å²) in [6, 6.07) is 6.44. The maximum atomic E-state index is 13.7. The fourth-order valence-corrected chi connectivity index (χ4v) is 2.66. The number of nitrogens with one attached hydrogen (secondary N) is 1. The lowest BCUT2D eigenvalue weighted by atomic mass is 10.1. The third-order valence-electron chi connectivity index (χ3n) is 2.57. The molecule has 0 aliphatic heterocycles. The first-order valence-electron chi connectivity index (χ1n) is 5.65. The van der Waals surface area contributed by atoms with Crippen molar-refractivity contribution in [3.63, 3.8) is 0 Å². The molecule has 0 radical (unpaired) electrons. The number of oxime groups is 1. The van der Waals surface area contributed by atoms with Gasteiger partial charge in [0.05, 0.1) is 11.3 Å². The molecule has 7 nitrogen and oxygen atoms in total. The number of anilines is 1. The van der Waals surface area contributed by atoms with Gasteiger partial charge in [0.2, 0.25) is 0 Å². The van der Waals surface area contributed by atoms with Crippen molar-refractivity contribution in [1.82, 2.24) is 4.98 Å². The van der Waals surface area contributed by atoms with Crippen LogP contribution in [0, 0.1) is 5.82 Å². The van der Waals surface area contributed by atoms with Crippen molar-refractivity contribution >= 4 is 21.5 Å². The molecule has 0 fully saturated rings. The summed E-state index contributed by atoms with van der Waals surface area (Å²) in [6.45, 7) is 0. The van der Waals surface area contributed by atoms with Crippen LogP contribution >= 0.6 is 0 Å². The second kappa shape index (κ2) is 5.75. The minimum Gasteiger partial charge on any atom is -0.409 e. The summed E-state index contributed by atoms with van der Waals surface area (Å²) in [4.78, 5) is 3.60. The van der Waals surface area contributed by atoms with Gasteiger partial charge in [0.1, 0.15) is 10.7 Å². The molecule has 9 heteroatoms. The SMILES string of the molecule is N/C(=N/O)c1c(F)cccc1NS(=O)(=O)c1cccnc1. The number of amidine groups is 1. The molecule has 2 aromatic rings. The summed E-state index contributed by atoms with van der Waals surface area (Å²) in [5.74, 6) is -1.37.